The lowest BCUT2D eigenvalue weighted by molar-refractivity contribution is 0.177. The molecular formula is C10H16N2O. The molecule has 0 atom stereocenters. The predicted octanol–water partition coefficient (Wildman–Crippen LogP) is 1.77. The standard InChI is InChI=1S/C10H16N2O/c1-2-6-11-12(7-3-1)9-10-5-4-8-13-10/h4-5,8,11H,1-3,6-7,9H2. The molecular weight excluding hydrogens is 164 g/mol. The zero-order valence-electron chi connectivity index (χ0n) is 7.83. The number of hydrazine groups is 1. The lowest BCUT2D eigenvalue weighted by Crippen LogP contribution is -2.36. The van der Waals surface area contributed by atoms with Gasteiger partial charge in [-0.3, -0.25) is 5.43 Å². The van der Waals surface area contributed by atoms with Gasteiger partial charge in [0.25, 0.3) is 0 Å². The second-order valence-corrected chi connectivity index (χ2v) is 3.47. The molecule has 2 rings (SSSR count). The molecule has 0 saturated carbocycles. The van der Waals surface area contributed by atoms with E-state index in [9.17, 15) is 0 Å². The van der Waals surface area contributed by atoms with Crippen LogP contribution in [0.4, 0.5) is 0 Å². The van der Waals surface area contributed by atoms with Gasteiger partial charge in [-0.05, 0) is 25.0 Å². The van der Waals surface area contributed by atoms with Crippen molar-refractivity contribution in [2.45, 2.75) is 25.8 Å². The third-order valence-corrected chi connectivity index (χ3v) is 2.37. The topological polar surface area (TPSA) is 28.4 Å². The van der Waals surface area contributed by atoms with Crippen LogP contribution < -0.4 is 5.43 Å². The second-order valence-electron chi connectivity index (χ2n) is 3.47. The molecule has 0 aliphatic carbocycles. The van der Waals surface area contributed by atoms with Crippen molar-refractivity contribution in [3.8, 4) is 0 Å². The van der Waals surface area contributed by atoms with Gasteiger partial charge >= 0.3 is 0 Å². The van der Waals surface area contributed by atoms with Gasteiger partial charge in [-0.15, -0.1) is 0 Å². The van der Waals surface area contributed by atoms with Crippen LogP contribution in [0, 0.1) is 0 Å². The Morgan fingerprint density at radius 3 is 3.23 bits per heavy atom. The summed E-state index contributed by atoms with van der Waals surface area (Å²) in [5, 5.41) is 2.24. The van der Waals surface area contributed by atoms with Crippen LogP contribution in [0.1, 0.15) is 25.0 Å². The monoisotopic (exact) mass is 180 g/mol. The van der Waals surface area contributed by atoms with Gasteiger partial charge in [0, 0.05) is 13.1 Å². The van der Waals surface area contributed by atoms with Crippen LogP contribution in [0.2, 0.25) is 0 Å². The minimum Gasteiger partial charge on any atom is -0.468 e. The van der Waals surface area contributed by atoms with Crippen molar-refractivity contribution < 1.29 is 4.42 Å². The first-order chi connectivity index (χ1) is 6.45. The molecule has 2 heterocycles. The molecule has 1 aliphatic rings. The van der Waals surface area contributed by atoms with E-state index in [4.69, 9.17) is 4.42 Å². The largest absolute Gasteiger partial charge is 0.468 e. The van der Waals surface area contributed by atoms with Crippen molar-refractivity contribution in [3.63, 3.8) is 0 Å². The van der Waals surface area contributed by atoms with Crippen LogP contribution >= 0.6 is 0 Å². The molecule has 1 aliphatic heterocycles. The quantitative estimate of drug-likeness (QED) is 0.752. The fourth-order valence-corrected chi connectivity index (χ4v) is 1.65. The molecule has 1 saturated heterocycles. The van der Waals surface area contributed by atoms with E-state index < -0.39 is 0 Å². The smallest absolute Gasteiger partial charge is 0.119 e. The minimum atomic E-state index is 0.882. The number of furan rings is 1. The molecule has 3 heteroatoms. The van der Waals surface area contributed by atoms with Gasteiger partial charge in [-0.25, -0.2) is 5.01 Å². The highest BCUT2D eigenvalue weighted by Gasteiger charge is 2.09. The Bertz CT molecular complexity index is 225. The second kappa shape index (κ2) is 4.44. The van der Waals surface area contributed by atoms with Gasteiger partial charge < -0.3 is 4.42 Å². The van der Waals surface area contributed by atoms with Crippen LogP contribution in [0.3, 0.4) is 0 Å². The highest BCUT2D eigenvalue weighted by atomic mass is 16.3. The summed E-state index contributed by atoms with van der Waals surface area (Å²) in [5.41, 5.74) is 3.39. The van der Waals surface area contributed by atoms with Crippen molar-refractivity contribution in [1.29, 1.82) is 0 Å². The van der Waals surface area contributed by atoms with E-state index in [1.807, 2.05) is 12.1 Å². The van der Waals surface area contributed by atoms with E-state index in [1.54, 1.807) is 6.26 Å². The lowest BCUT2D eigenvalue weighted by atomic mass is 10.2. The van der Waals surface area contributed by atoms with Gasteiger partial charge in [0.15, 0.2) is 0 Å². The summed E-state index contributed by atoms with van der Waals surface area (Å²) in [6.07, 6.45) is 5.64. The van der Waals surface area contributed by atoms with Crippen LogP contribution in [0.25, 0.3) is 0 Å². The van der Waals surface area contributed by atoms with Gasteiger partial charge in [0.2, 0.25) is 0 Å². The summed E-state index contributed by atoms with van der Waals surface area (Å²) in [5.74, 6) is 1.04. The maximum Gasteiger partial charge on any atom is 0.119 e. The molecule has 3 nitrogen and oxygen atoms in total. The van der Waals surface area contributed by atoms with Gasteiger partial charge in [0.05, 0.1) is 12.8 Å². The van der Waals surface area contributed by atoms with Crippen molar-refractivity contribution in [2.75, 3.05) is 13.1 Å². The first-order valence-corrected chi connectivity index (χ1v) is 4.96. The van der Waals surface area contributed by atoms with Gasteiger partial charge in [-0.2, -0.15) is 0 Å². The average Bonchev–Trinajstić information content (AvgIpc) is 2.49. The fourth-order valence-electron chi connectivity index (χ4n) is 1.65. The maximum atomic E-state index is 5.30. The van der Waals surface area contributed by atoms with Gasteiger partial charge in [0.1, 0.15) is 5.76 Å². The number of nitrogens with zero attached hydrogens (tertiary/aromatic N) is 1. The summed E-state index contributed by atoms with van der Waals surface area (Å²) in [7, 11) is 0. The number of nitrogens with one attached hydrogen (secondary N) is 1. The third-order valence-electron chi connectivity index (χ3n) is 2.37. The molecule has 0 amide bonds. The lowest BCUT2D eigenvalue weighted by Gasteiger charge is -2.18. The van der Waals surface area contributed by atoms with E-state index in [0.29, 0.717) is 0 Å². The van der Waals surface area contributed by atoms with Gasteiger partial charge in [-0.1, -0.05) is 6.42 Å². The Hall–Kier alpha value is -0.800. The number of hydrogen-bond acceptors (Lipinski definition) is 3. The molecule has 0 bridgehead atoms. The Morgan fingerprint density at radius 1 is 1.38 bits per heavy atom. The Labute approximate surface area is 78.7 Å². The van der Waals surface area contributed by atoms with E-state index in [1.165, 1.54) is 19.3 Å². The molecule has 13 heavy (non-hydrogen) atoms. The molecule has 0 spiro atoms. The van der Waals surface area contributed by atoms with Crippen molar-refractivity contribution >= 4 is 0 Å². The first-order valence-electron chi connectivity index (χ1n) is 4.96. The normalized spacial score (nSPS) is 20.0. The third kappa shape index (κ3) is 2.57. The Kier molecular flexibility index (Phi) is 3.00. The summed E-state index contributed by atoms with van der Waals surface area (Å²) < 4.78 is 5.30. The highest BCUT2D eigenvalue weighted by molar-refractivity contribution is 4.97. The molecule has 72 valence electrons. The summed E-state index contributed by atoms with van der Waals surface area (Å²) in [6, 6.07) is 3.96. The van der Waals surface area contributed by atoms with E-state index >= 15 is 0 Å². The zero-order valence-corrected chi connectivity index (χ0v) is 7.83. The molecule has 0 radical (unpaired) electrons. The van der Waals surface area contributed by atoms with Crippen molar-refractivity contribution in [2.24, 2.45) is 0 Å². The predicted molar refractivity (Wildman–Crippen MR) is 51.0 cm³/mol. The number of hydrogen-bond donors (Lipinski definition) is 1. The Balaban J connectivity index is 1.86. The van der Waals surface area contributed by atoms with E-state index in [2.05, 4.69) is 10.4 Å². The summed E-state index contributed by atoms with van der Waals surface area (Å²) in [6.45, 7) is 3.11. The van der Waals surface area contributed by atoms with Crippen LogP contribution in [0.15, 0.2) is 22.8 Å². The average molecular weight is 180 g/mol. The van der Waals surface area contributed by atoms with Crippen LogP contribution in [-0.4, -0.2) is 18.1 Å². The number of rotatable bonds is 2. The van der Waals surface area contributed by atoms with Crippen LogP contribution in [-0.2, 0) is 6.54 Å². The highest BCUT2D eigenvalue weighted by Crippen LogP contribution is 2.07. The minimum absolute atomic E-state index is 0.882. The van der Waals surface area contributed by atoms with Crippen LogP contribution in [0.5, 0.6) is 0 Å². The maximum absolute atomic E-state index is 5.30. The molecule has 0 unspecified atom stereocenters. The van der Waals surface area contributed by atoms with Crippen molar-refractivity contribution in [3.05, 3.63) is 24.2 Å². The SMILES string of the molecule is c1coc(CN2CCCCCN2)c1. The fraction of sp³-hybridized carbons (Fsp3) is 0.600. The zero-order chi connectivity index (χ0) is 8.93. The van der Waals surface area contributed by atoms with E-state index in [-0.39, 0.29) is 0 Å². The summed E-state index contributed by atoms with van der Waals surface area (Å²) >= 11 is 0. The molecule has 1 N–H and O–H groups in total. The molecule has 0 aromatic carbocycles. The molecule has 1 aromatic heterocycles. The Morgan fingerprint density at radius 2 is 2.38 bits per heavy atom. The first kappa shape index (κ1) is 8.78. The molecule has 1 fully saturated rings. The van der Waals surface area contributed by atoms with Crippen molar-refractivity contribution in [1.82, 2.24) is 10.4 Å². The summed E-state index contributed by atoms with van der Waals surface area (Å²) in [4.78, 5) is 0. The molecule has 1 aromatic rings. The van der Waals surface area contributed by atoms with E-state index in [0.717, 1.165) is 25.4 Å².